The molecule has 6 rings (SSSR count). The highest BCUT2D eigenvalue weighted by molar-refractivity contribution is 7.22. The fourth-order valence-corrected chi connectivity index (χ4v) is 6.51. The van der Waals surface area contributed by atoms with E-state index in [4.69, 9.17) is 23.9 Å². The van der Waals surface area contributed by atoms with Gasteiger partial charge in [-0.15, -0.1) is 0 Å². The van der Waals surface area contributed by atoms with Crippen molar-refractivity contribution in [1.82, 2.24) is 4.98 Å². The van der Waals surface area contributed by atoms with Crippen LogP contribution in [0.3, 0.4) is 0 Å². The van der Waals surface area contributed by atoms with Gasteiger partial charge in [-0.3, -0.25) is 14.5 Å². The molecule has 9 nitrogen and oxygen atoms in total. The van der Waals surface area contributed by atoms with Gasteiger partial charge in [0.15, 0.2) is 16.6 Å². The summed E-state index contributed by atoms with van der Waals surface area (Å²) in [6.45, 7) is 6.76. The molecule has 1 amide bonds. The molecule has 1 N–H and O–H groups in total. The summed E-state index contributed by atoms with van der Waals surface area (Å²) in [5.74, 6) is 0.602. The first-order valence-corrected chi connectivity index (χ1v) is 15.1. The zero-order chi connectivity index (χ0) is 30.2. The van der Waals surface area contributed by atoms with E-state index in [9.17, 15) is 14.7 Å². The lowest BCUT2D eigenvalue weighted by Crippen LogP contribution is -2.29. The molecule has 0 radical (unpaired) electrons. The minimum absolute atomic E-state index is 0.0149. The number of benzene rings is 3. The van der Waals surface area contributed by atoms with Crippen molar-refractivity contribution in [3.8, 4) is 23.0 Å². The van der Waals surface area contributed by atoms with Crippen LogP contribution in [0.4, 0.5) is 5.13 Å². The second-order valence-corrected chi connectivity index (χ2v) is 11.5. The number of anilines is 1. The van der Waals surface area contributed by atoms with Gasteiger partial charge in [0.05, 0.1) is 42.2 Å². The van der Waals surface area contributed by atoms with Gasteiger partial charge in [-0.25, -0.2) is 4.98 Å². The summed E-state index contributed by atoms with van der Waals surface area (Å²) in [6, 6.07) is 15.1. The predicted molar refractivity (Wildman–Crippen MR) is 165 cm³/mol. The van der Waals surface area contributed by atoms with Gasteiger partial charge in [0, 0.05) is 12.0 Å². The number of aromatic nitrogens is 1. The highest BCUT2D eigenvalue weighted by atomic mass is 32.1. The largest absolute Gasteiger partial charge is 0.507 e. The number of carbonyl (C=O) groups is 2. The van der Waals surface area contributed by atoms with E-state index in [0.29, 0.717) is 58.7 Å². The number of nitrogens with zero attached hydrogens (tertiary/aromatic N) is 2. The Morgan fingerprint density at radius 2 is 1.91 bits per heavy atom. The number of hydrogen-bond donors (Lipinski definition) is 1. The molecular formula is C33H32N2O7S. The molecule has 222 valence electrons. The van der Waals surface area contributed by atoms with Crippen molar-refractivity contribution in [2.24, 2.45) is 0 Å². The van der Waals surface area contributed by atoms with Crippen molar-refractivity contribution in [2.75, 3.05) is 25.2 Å². The molecule has 1 aromatic heterocycles. The number of aliphatic hydroxyl groups is 1. The summed E-state index contributed by atoms with van der Waals surface area (Å²) >= 11 is 1.27. The first kappa shape index (κ1) is 28.5. The molecule has 3 heterocycles. The second-order valence-electron chi connectivity index (χ2n) is 10.4. The van der Waals surface area contributed by atoms with E-state index >= 15 is 0 Å². The van der Waals surface area contributed by atoms with Gasteiger partial charge in [-0.2, -0.15) is 0 Å². The number of ether oxygens (including phenoxy) is 4. The number of amides is 1. The first-order chi connectivity index (χ1) is 20.8. The lowest BCUT2D eigenvalue weighted by Gasteiger charge is -2.24. The highest BCUT2D eigenvalue weighted by Gasteiger charge is 2.48. The van der Waals surface area contributed by atoms with Crippen LogP contribution in [0.5, 0.6) is 23.0 Å². The molecule has 4 aromatic rings. The normalized spacial score (nSPS) is 19.0. The Labute approximate surface area is 253 Å². The molecular weight excluding hydrogens is 568 g/mol. The average Bonchev–Trinajstić information content (AvgIpc) is 3.67. The van der Waals surface area contributed by atoms with Crippen LogP contribution in [0.2, 0.25) is 0 Å². The monoisotopic (exact) mass is 600 g/mol. The highest BCUT2D eigenvalue weighted by Crippen LogP contribution is 2.46. The molecule has 2 unspecified atom stereocenters. The van der Waals surface area contributed by atoms with E-state index in [-0.39, 0.29) is 17.4 Å². The Morgan fingerprint density at radius 1 is 1.07 bits per heavy atom. The second kappa shape index (κ2) is 11.6. The molecule has 2 atom stereocenters. The standard InChI is InChI=1S/C33H32N2O7S/c1-5-13-41-25-12-7-19(16-26(25)40-6-2)29-28(30(36)20-8-11-24-21(15-20)14-18(3)42-24)31(37)32(38)35(29)33-34-23-10-9-22(39-4)17-27(23)43-33/h7-12,15-18,29,36H,5-6,13-14H2,1-4H3. The van der Waals surface area contributed by atoms with Crippen molar-refractivity contribution in [1.29, 1.82) is 0 Å². The van der Waals surface area contributed by atoms with Crippen LogP contribution >= 0.6 is 11.3 Å². The van der Waals surface area contributed by atoms with E-state index in [1.54, 1.807) is 49.6 Å². The minimum Gasteiger partial charge on any atom is -0.507 e. The lowest BCUT2D eigenvalue weighted by molar-refractivity contribution is -0.132. The van der Waals surface area contributed by atoms with Gasteiger partial charge in [-0.05, 0) is 79.9 Å². The number of thiazole rings is 1. The smallest absolute Gasteiger partial charge is 0.301 e. The van der Waals surface area contributed by atoms with Gasteiger partial charge in [0.2, 0.25) is 0 Å². The third-order valence-electron chi connectivity index (χ3n) is 7.45. The molecule has 1 saturated heterocycles. The van der Waals surface area contributed by atoms with Gasteiger partial charge < -0.3 is 24.1 Å². The topological polar surface area (TPSA) is 107 Å². The number of ketones is 1. The Balaban J connectivity index is 1.53. The van der Waals surface area contributed by atoms with Crippen LogP contribution in [-0.4, -0.2) is 48.2 Å². The van der Waals surface area contributed by atoms with E-state index < -0.39 is 17.7 Å². The SMILES string of the molecule is CCCOc1ccc(C2C(=C(O)c3ccc4c(c3)CC(C)O4)C(=O)C(=O)N2c2nc3ccc(OC)cc3s2)cc1OCC. The average molecular weight is 601 g/mol. The van der Waals surface area contributed by atoms with Gasteiger partial charge in [-0.1, -0.05) is 24.3 Å². The molecule has 0 saturated carbocycles. The quantitative estimate of drug-likeness (QED) is 0.133. The van der Waals surface area contributed by atoms with Crippen molar-refractivity contribution < 1.29 is 33.6 Å². The van der Waals surface area contributed by atoms with Crippen LogP contribution < -0.4 is 23.8 Å². The fraction of sp³-hybridized carbons (Fsp3) is 0.303. The summed E-state index contributed by atoms with van der Waals surface area (Å²) < 4.78 is 23.8. The number of aliphatic hydroxyl groups excluding tert-OH is 1. The molecule has 3 aromatic carbocycles. The van der Waals surface area contributed by atoms with E-state index in [0.717, 1.165) is 22.4 Å². The third kappa shape index (κ3) is 5.16. The van der Waals surface area contributed by atoms with E-state index in [1.165, 1.54) is 16.2 Å². The zero-order valence-corrected chi connectivity index (χ0v) is 25.2. The maximum Gasteiger partial charge on any atom is 0.301 e. The Bertz CT molecular complexity index is 1760. The van der Waals surface area contributed by atoms with Gasteiger partial charge in [0.25, 0.3) is 5.78 Å². The summed E-state index contributed by atoms with van der Waals surface area (Å²) in [4.78, 5) is 33.6. The summed E-state index contributed by atoms with van der Waals surface area (Å²) in [7, 11) is 1.58. The van der Waals surface area contributed by atoms with Gasteiger partial charge in [0.1, 0.15) is 23.4 Å². The first-order valence-electron chi connectivity index (χ1n) is 14.3. The minimum atomic E-state index is -0.967. The van der Waals surface area contributed by atoms with Crippen molar-refractivity contribution in [3.05, 3.63) is 76.9 Å². The molecule has 43 heavy (non-hydrogen) atoms. The Kier molecular flexibility index (Phi) is 7.70. The molecule has 2 aliphatic heterocycles. The summed E-state index contributed by atoms with van der Waals surface area (Å²) in [6.07, 6.45) is 1.52. The molecule has 0 bridgehead atoms. The van der Waals surface area contributed by atoms with Gasteiger partial charge >= 0.3 is 5.91 Å². The number of fused-ring (bicyclic) bond motifs is 2. The molecule has 2 aliphatic rings. The maximum absolute atomic E-state index is 13.8. The number of hydrogen-bond acceptors (Lipinski definition) is 9. The lowest BCUT2D eigenvalue weighted by atomic mass is 9.94. The predicted octanol–water partition coefficient (Wildman–Crippen LogP) is 6.44. The molecule has 0 aliphatic carbocycles. The van der Waals surface area contributed by atoms with Crippen LogP contribution in [0.1, 0.15) is 49.9 Å². The van der Waals surface area contributed by atoms with E-state index in [1.807, 2.05) is 32.9 Å². The van der Waals surface area contributed by atoms with Crippen LogP contribution in [0, 0.1) is 0 Å². The van der Waals surface area contributed by atoms with Crippen LogP contribution in [0.15, 0.2) is 60.2 Å². The summed E-state index contributed by atoms with van der Waals surface area (Å²) in [5, 5.41) is 12.0. The fourth-order valence-electron chi connectivity index (χ4n) is 5.49. The Morgan fingerprint density at radius 3 is 2.67 bits per heavy atom. The molecule has 10 heteroatoms. The Hall–Kier alpha value is -4.57. The number of rotatable bonds is 9. The number of carbonyl (C=O) groups excluding carboxylic acids is 2. The van der Waals surface area contributed by atoms with Crippen molar-refractivity contribution in [2.45, 2.75) is 45.8 Å². The number of Topliss-reactive ketones (excluding diaryl/α,β-unsaturated/α-hetero) is 1. The zero-order valence-electron chi connectivity index (χ0n) is 24.4. The third-order valence-corrected chi connectivity index (χ3v) is 8.47. The van der Waals surface area contributed by atoms with Crippen molar-refractivity contribution in [3.63, 3.8) is 0 Å². The van der Waals surface area contributed by atoms with E-state index in [2.05, 4.69) is 0 Å². The van der Waals surface area contributed by atoms with Crippen LogP contribution in [-0.2, 0) is 16.0 Å². The maximum atomic E-state index is 13.8. The molecule has 1 fully saturated rings. The summed E-state index contributed by atoms with van der Waals surface area (Å²) in [5.41, 5.74) is 2.56. The molecule has 0 spiro atoms. The van der Waals surface area contributed by atoms with Crippen LogP contribution in [0.25, 0.3) is 16.0 Å². The van der Waals surface area contributed by atoms with Crippen molar-refractivity contribution >= 4 is 44.1 Å². The number of methoxy groups -OCH3 is 1.